The number of hydrogen-bond donors (Lipinski definition) is 1. The van der Waals surface area contributed by atoms with E-state index in [0.29, 0.717) is 0 Å². The lowest BCUT2D eigenvalue weighted by Crippen LogP contribution is -2.26. The lowest BCUT2D eigenvalue weighted by atomic mass is 10.3. The maximum Gasteiger partial charge on any atom is 0.0558 e. The summed E-state index contributed by atoms with van der Waals surface area (Å²) in [6, 6.07) is 0. The van der Waals surface area contributed by atoms with Gasteiger partial charge in [0.15, 0.2) is 0 Å². The van der Waals surface area contributed by atoms with Crippen molar-refractivity contribution in [1.82, 2.24) is 4.90 Å². The van der Waals surface area contributed by atoms with Gasteiger partial charge in [-0.05, 0) is 19.4 Å². The van der Waals surface area contributed by atoms with Crippen molar-refractivity contribution in [3.8, 4) is 0 Å². The monoisotopic (exact) mass is 197 g/mol. The van der Waals surface area contributed by atoms with Crippen molar-refractivity contribution in [2.75, 3.05) is 26.2 Å². The fourth-order valence-electron chi connectivity index (χ4n) is 1.18. The molecule has 1 N–H and O–H groups in total. The molecule has 0 aliphatic heterocycles. The van der Waals surface area contributed by atoms with Crippen LogP contribution in [0.2, 0.25) is 0 Å². The highest BCUT2D eigenvalue weighted by atomic mass is 16.3. The SMILES string of the molecule is CCC=CCC=CCN(CC)CCO. The van der Waals surface area contributed by atoms with E-state index >= 15 is 0 Å². The summed E-state index contributed by atoms with van der Waals surface area (Å²) in [4.78, 5) is 2.21. The van der Waals surface area contributed by atoms with Crippen LogP contribution in [-0.2, 0) is 0 Å². The molecule has 0 amide bonds. The smallest absolute Gasteiger partial charge is 0.0558 e. The van der Waals surface area contributed by atoms with Gasteiger partial charge >= 0.3 is 0 Å². The molecular weight excluding hydrogens is 174 g/mol. The van der Waals surface area contributed by atoms with E-state index in [-0.39, 0.29) is 6.61 Å². The largest absolute Gasteiger partial charge is 0.395 e. The minimum Gasteiger partial charge on any atom is -0.395 e. The summed E-state index contributed by atoms with van der Waals surface area (Å²) in [6.07, 6.45) is 10.8. The van der Waals surface area contributed by atoms with E-state index in [0.717, 1.165) is 32.5 Å². The third kappa shape index (κ3) is 8.02. The molecule has 0 heterocycles. The first kappa shape index (κ1) is 13.4. The Hall–Kier alpha value is -0.600. The van der Waals surface area contributed by atoms with Gasteiger partial charge in [-0.3, -0.25) is 4.90 Å². The summed E-state index contributed by atoms with van der Waals surface area (Å²) < 4.78 is 0. The van der Waals surface area contributed by atoms with Crippen LogP contribution >= 0.6 is 0 Å². The molecule has 0 unspecified atom stereocenters. The Morgan fingerprint density at radius 2 is 1.79 bits per heavy atom. The van der Waals surface area contributed by atoms with Crippen LogP contribution in [0.4, 0.5) is 0 Å². The van der Waals surface area contributed by atoms with Crippen molar-refractivity contribution in [2.24, 2.45) is 0 Å². The van der Waals surface area contributed by atoms with Gasteiger partial charge < -0.3 is 5.11 Å². The summed E-state index contributed by atoms with van der Waals surface area (Å²) in [6.45, 7) is 7.20. The van der Waals surface area contributed by atoms with Gasteiger partial charge in [0.2, 0.25) is 0 Å². The predicted molar refractivity (Wildman–Crippen MR) is 62.4 cm³/mol. The standard InChI is InChI=1S/C12H23NO/c1-3-5-6-7-8-9-10-13(4-2)11-12-14/h5-6,8-9,14H,3-4,7,10-12H2,1-2H3. The molecular formula is C12H23NO. The maximum absolute atomic E-state index is 8.76. The normalized spacial score (nSPS) is 12.3. The number of nitrogens with zero attached hydrogens (tertiary/aromatic N) is 1. The molecule has 0 atom stereocenters. The van der Waals surface area contributed by atoms with Crippen LogP contribution in [0.25, 0.3) is 0 Å². The minimum atomic E-state index is 0.247. The summed E-state index contributed by atoms with van der Waals surface area (Å²) in [5.74, 6) is 0. The van der Waals surface area contributed by atoms with Crippen molar-refractivity contribution in [3.63, 3.8) is 0 Å². The number of aliphatic hydroxyl groups is 1. The Labute approximate surface area is 87.9 Å². The first-order chi connectivity index (χ1) is 6.85. The quantitative estimate of drug-likeness (QED) is 0.603. The predicted octanol–water partition coefficient (Wildman–Crippen LogP) is 2.21. The highest BCUT2D eigenvalue weighted by Crippen LogP contribution is 1.91. The Morgan fingerprint density at radius 3 is 2.36 bits per heavy atom. The highest BCUT2D eigenvalue weighted by molar-refractivity contribution is 4.93. The number of aliphatic hydroxyl groups excluding tert-OH is 1. The number of likely N-dealkylation sites (N-methyl/N-ethyl adjacent to an activating group) is 1. The fraction of sp³-hybridized carbons (Fsp3) is 0.667. The summed E-state index contributed by atoms with van der Waals surface area (Å²) in [5.41, 5.74) is 0. The van der Waals surface area contributed by atoms with E-state index in [4.69, 9.17) is 5.11 Å². The summed E-state index contributed by atoms with van der Waals surface area (Å²) in [7, 11) is 0. The van der Waals surface area contributed by atoms with Crippen LogP contribution < -0.4 is 0 Å². The third-order valence-electron chi connectivity index (χ3n) is 2.07. The molecule has 2 heteroatoms. The van der Waals surface area contributed by atoms with Gasteiger partial charge in [0.05, 0.1) is 6.61 Å². The molecule has 82 valence electrons. The number of hydrogen-bond acceptors (Lipinski definition) is 2. The van der Waals surface area contributed by atoms with Crippen molar-refractivity contribution in [1.29, 1.82) is 0 Å². The second-order valence-electron chi connectivity index (χ2n) is 3.20. The average Bonchev–Trinajstić information content (AvgIpc) is 2.21. The van der Waals surface area contributed by atoms with E-state index in [1.165, 1.54) is 0 Å². The van der Waals surface area contributed by atoms with E-state index in [1.807, 2.05) is 0 Å². The summed E-state index contributed by atoms with van der Waals surface area (Å²) in [5, 5.41) is 8.76. The lowest BCUT2D eigenvalue weighted by Gasteiger charge is -2.16. The molecule has 0 saturated carbocycles. The molecule has 0 rings (SSSR count). The first-order valence-electron chi connectivity index (χ1n) is 5.48. The van der Waals surface area contributed by atoms with Crippen LogP contribution in [-0.4, -0.2) is 36.2 Å². The fourth-order valence-corrected chi connectivity index (χ4v) is 1.18. The lowest BCUT2D eigenvalue weighted by molar-refractivity contribution is 0.214. The molecule has 0 fully saturated rings. The van der Waals surface area contributed by atoms with Crippen molar-refractivity contribution in [3.05, 3.63) is 24.3 Å². The number of allylic oxidation sites excluding steroid dienone is 3. The molecule has 0 radical (unpaired) electrons. The van der Waals surface area contributed by atoms with Crippen molar-refractivity contribution >= 4 is 0 Å². The van der Waals surface area contributed by atoms with Gasteiger partial charge in [-0.15, -0.1) is 0 Å². The van der Waals surface area contributed by atoms with E-state index in [1.54, 1.807) is 0 Å². The zero-order valence-corrected chi connectivity index (χ0v) is 9.45. The topological polar surface area (TPSA) is 23.5 Å². The molecule has 14 heavy (non-hydrogen) atoms. The van der Waals surface area contributed by atoms with E-state index in [2.05, 4.69) is 43.1 Å². The van der Waals surface area contributed by atoms with Crippen LogP contribution in [0, 0.1) is 0 Å². The molecule has 2 nitrogen and oxygen atoms in total. The molecule has 0 bridgehead atoms. The second kappa shape index (κ2) is 10.5. The first-order valence-corrected chi connectivity index (χ1v) is 5.48. The van der Waals surface area contributed by atoms with Crippen LogP contribution in [0.3, 0.4) is 0 Å². The zero-order chi connectivity index (χ0) is 10.6. The second-order valence-corrected chi connectivity index (χ2v) is 3.20. The van der Waals surface area contributed by atoms with E-state index < -0.39 is 0 Å². The molecule has 0 aromatic rings. The Morgan fingerprint density at radius 1 is 1.07 bits per heavy atom. The molecule has 0 spiro atoms. The molecule has 0 saturated heterocycles. The average molecular weight is 197 g/mol. The molecule has 0 aromatic carbocycles. The van der Waals surface area contributed by atoms with Gasteiger partial charge in [0.25, 0.3) is 0 Å². The van der Waals surface area contributed by atoms with Crippen LogP contribution in [0.15, 0.2) is 24.3 Å². The van der Waals surface area contributed by atoms with Gasteiger partial charge in [0.1, 0.15) is 0 Å². The molecule has 0 aromatic heterocycles. The molecule has 0 aliphatic carbocycles. The maximum atomic E-state index is 8.76. The number of rotatable bonds is 8. The molecule has 0 aliphatic rings. The van der Waals surface area contributed by atoms with Gasteiger partial charge in [0, 0.05) is 13.1 Å². The van der Waals surface area contributed by atoms with Crippen molar-refractivity contribution < 1.29 is 5.11 Å². The zero-order valence-electron chi connectivity index (χ0n) is 9.45. The van der Waals surface area contributed by atoms with Gasteiger partial charge in [-0.2, -0.15) is 0 Å². The van der Waals surface area contributed by atoms with Crippen LogP contribution in [0.1, 0.15) is 26.7 Å². The Bertz CT molecular complexity index is 164. The van der Waals surface area contributed by atoms with E-state index in [9.17, 15) is 0 Å². The van der Waals surface area contributed by atoms with Crippen molar-refractivity contribution in [2.45, 2.75) is 26.7 Å². The summed E-state index contributed by atoms with van der Waals surface area (Å²) >= 11 is 0. The van der Waals surface area contributed by atoms with Crippen LogP contribution in [0.5, 0.6) is 0 Å². The highest BCUT2D eigenvalue weighted by Gasteiger charge is 1.95. The van der Waals surface area contributed by atoms with Gasteiger partial charge in [-0.1, -0.05) is 38.2 Å². The van der Waals surface area contributed by atoms with Gasteiger partial charge in [-0.25, -0.2) is 0 Å². The Balaban J connectivity index is 3.52. The minimum absolute atomic E-state index is 0.247. The Kier molecular flexibility index (Phi) is 10.0. The third-order valence-corrected chi connectivity index (χ3v) is 2.07.